The van der Waals surface area contributed by atoms with Crippen LogP contribution in [-0.4, -0.2) is 80.1 Å². The molecule has 34 heavy (non-hydrogen) atoms. The Morgan fingerprint density at radius 3 is 2.79 bits per heavy atom. The van der Waals surface area contributed by atoms with Gasteiger partial charge in [0.1, 0.15) is 24.1 Å². The second-order valence-electron chi connectivity index (χ2n) is 8.14. The number of ether oxygens (including phenoxy) is 1. The summed E-state index contributed by atoms with van der Waals surface area (Å²) in [5.41, 5.74) is 3.24. The number of benzene rings is 1. The molecule has 1 saturated heterocycles. The topological polar surface area (TPSA) is 164 Å². The number of rotatable bonds is 6. The summed E-state index contributed by atoms with van der Waals surface area (Å²) in [7, 11) is 5.15. The summed E-state index contributed by atoms with van der Waals surface area (Å²) in [6, 6.07) is 6.26. The summed E-state index contributed by atoms with van der Waals surface area (Å²) in [4.78, 5) is 31.1. The second-order valence-corrected chi connectivity index (χ2v) is 8.14. The molecule has 2 unspecified atom stereocenters. The average molecular weight is 468 g/mol. The van der Waals surface area contributed by atoms with Crippen LogP contribution in [0, 0.1) is 0 Å². The number of aliphatic hydroxyl groups excluding tert-OH is 2. The number of nitrogens with one attached hydrogen (secondary N) is 2. The zero-order valence-corrected chi connectivity index (χ0v) is 18.7. The van der Waals surface area contributed by atoms with Gasteiger partial charge in [-0.3, -0.25) is 9.36 Å². The maximum atomic E-state index is 12.0. The molecule has 0 radical (unpaired) electrons. The third kappa shape index (κ3) is 3.69. The highest BCUT2D eigenvalue weighted by atomic mass is 16.6. The number of carbonyl (C=O) groups is 1. The first-order valence-corrected chi connectivity index (χ1v) is 10.6. The molecule has 4 heterocycles. The molecule has 1 amide bonds. The Hall–Kier alpha value is -3.81. The molecule has 13 nitrogen and oxygen atoms in total. The number of fused-ring (bicyclic) bond motifs is 2. The van der Waals surface area contributed by atoms with Crippen molar-refractivity contribution in [2.45, 2.75) is 31.1 Å². The van der Waals surface area contributed by atoms with Gasteiger partial charge in [0.2, 0.25) is 0 Å². The van der Waals surface area contributed by atoms with Crippen LogP contribution in [0.25, 0.3) is 22.3 Å². The van der Waals surface area contributed by atoms with E-state index in [0.29, 0.717) is 35.1 Å². The van der Waals surface area contributed by atoms with E-state index in [1.165, 1.54) is 24.3 Å². The van der Waals surface area contributed by atoms with Gasteiger partial charge in [-0.1, -0.05) is 6.07 Å². The monoisotopic (exact) mass is 468 g/mol. The maximum Gasteiger partial charge on any atom is 0.297 e. The van der Waals surface area contributed by atoms with E-state index in [2.05, 4.69) is 30.6 Å². The van der Waals surface area contributed by atoms with Gasteiger partial charge in [0, 0.05) is 27.7 Å². The van der Waals surface area contributed by atoms with Crippen molar-refractivity contribution in [2.75, 3.05) is 31.4 Å². The SMILES string of the molecule is CNC(=O)[C@H]1O[C@@H](n2cnc3c(NCc4ccc5oc(N(C)C)nc5c4)ncnc32)C(O)C1O. The number of anilines is 2. The summed E-state index contributed by atoms with van der Waals surface area (Å²) in [5, 5.41) is 26.4. The first kappa shape index (κ1) is 22.0. The Morgan fingerprint density at radius 2 is 2.03 bits per heavy atom. The van der Waals surface area contributed by atoms with Crippen LogP contribution in [-0.2, 0) is 16.1 Å². The van der Waals surface area contributed by atoms with E-state index in [4.69, 9.17) is 9.15 Å². The third-order valence-corrected chi connectivity index (χ3v) is 5.66. The molecule has 1 aromatic carbocycles. The number of hydrogen-bond donors (Lipinski definition) is 4. The molecule has 4 aromatic rings. The van der Waals surface area contributed by atoms with Crippen LogP contribution in [0.1, 0.15) is 11.8 Å². The molecule has 1 aliphatic heterocycles. The largest absolute Gasteiger partial charge is 0.423 e. The molecule has 4 N–H and O–H groups in total. The fourth-order valence-corrected chi connectivity index (χ4v) is 3.86. The van der Waals surface area contributed by atoms with E-state index < -0.39 is 30.4 Å². The van der Waals surface area contributed by atoms with Crippen LogP contribution in [0.2, 0.25) is 0 Å². The lowest BCUT2D eigenvalue weighted by Gasteiger charge is -2.16. The average Bonchev–Trinajstić information content (AvgIpc) is 3.53. The van der Waals surface area contributed by atoms with E-state index in [1.54, 1.807) is 4.90 Å². The normalized spacial score (nSPS) is 22.4. The zero-order chi connectivity index (χ0) is 24.0. The van der Waals surface area contributed by atoms with Gasteiger partial charge in [-0.2, -0.15) is 4.98 Å². The van der Waals surface area contributed by atoms with E-state index >= 15 is 0 Å². The van der Waals surface area contributed by atoms with Crippen molar-refractivity contribution in [3.05, 3.63) is 36.4 Å². The summed E-state index contributed by atoms with van der Waals surface area (Å²) in [6.07, 6.45) is -2.18. The van der Waals surface area contributed by atoms with Gasteiger partial charge in [0.25, 0.3) is 11.9 Å². The number of aliphatic hydroxyl groups is 2. The predicted octanol–water partition coefficient (Wildman–Crippen LogP) is 0.0108. The highest BCUT2D eigenvalue weighted by Gasteiger charge is 2.47. The fourth-order valence-electron chi connectivity index (χ4n) is 3.86. The number of likely N-dealkylation sites (N-methyl/N-ethyl adjacent to an activating group) is 1. The van der Waals surface area contributed by atoms with Gasteiger partial charge >= 0.3 is 0 Å². The summed E-state index contributed by atoms with van der Waals surface area (Å²) < 4.78 is 12.8. The Morgan fingerprint density at radius 1 is 1.21 bits per heavy atom. The van der Waals surface area contributed by atoms with Crippen molar-refractivity contribution in [3.8, 4) is 0 Å². The standard InChI is InChI=1S/C21H24N8O5/c1-22-19(32)16-14(30)15(31)20(34-16)29-9-26-13-17(24-8-25-18(13)29)23-7-10-4-5-12-11(6-10)27-21(33-12)28(2)3/h4-6,8-9,14-16,20,30-31H,7H2,1-3H3,(H,22,32)(H,23,24,25)/t14?,15?,16-,20+/m0/s1. The summed E-state index contributed by atoms with van der Waals surface area (Å²) in [5.74, 6) is -0.0499. The van der Waals surface area contributed by atoms with E-state index in [-0.39, 0.29) is 0 Å². The fraction of sp³-hybridized carbons (Fsp3) is 0.381. The Balaban J connectivity index is 1.38. The molecule has 0 aliphatic carbocycles. The maximum absolute atomic E-state index is 12.0. The minimum absolute atomic E-state index is 0.383. The molecule has 4 atom stereocenters. The van der Waals surface area contributed by atoms with E-state index in [9.17, 15) is 15.0 Å². The molecule has 3 aromatic heterocycles. The number of carbonyl (C=O) groups excluding carboxylic acids is 1. The van der Waals surface area contributed by atoms with Crippen LogP contribution in [0.15, 0.2) is 35.3 Å². The Kier molecular flexibility index (Phi) is 5.51. The summed E-state index contributed by atoms with van der Waals surface area (Å²) in [6.45, 7) is 0.444. The molecule has 1 aliphatic rings. The first-order chi connectivity index (χ1) is 16.4. The summed E-state index contributed by atoms with van der Waals surface area (Å²) >= 11 is 0. The Labute approximate surface area is 193 Å². The molecule has 0 spiro atoms. The quantitative estimate of drug-likeness (QED) is 0.301. The number of nitrogens with zero attached hydrogens (tertiary/aromatic N) is 6. The third-order valence-electron chi connectivity index (χ3n) is 5.66. The van der Waals surface area contributed by atoms with Crippen molar-refractivity contribution in [1.29, 1.82) is 0 Å². The van der Waals surface area contributed by atoms with Crippen LogP contribution in [0.5, 0.6) is 0 Å². The lowest BCUT2D eigenvalue weighted by Crippen LogP contribution is -2.41. The number of imidazole rings is 1. The van der Waals surface area contributed by atoms with E-state index in [0.717, 1.165) is 11.1 Å². The minimum atomic E-state index is -1.39. The van der Waals surface area contributed by atoms with Crippen LogP contribution in [0.3, 0.4) is 0 Å². The van der Waals surface area contributed by atoms with Gasteiger partial charge in [0.15, 0.2) is 34.9 Å². The van der Waals surface area contributed by atoms with Crippen molar-refractivity contribution in [3.63, 3.8) is 0 Å². The highest BCUT2D eigenvalue weighted by molar-refractivity contribution is 5.83. The minimum Gasteiger partial charge on any atom is -0.423 e. The molecular formula is C21H24N8O5. The lowest BCUT2D eigenvalue weighted by atomic mass is 10.1. The van der Waals surface area contributed by atoms with E-state index in [1.807, 2.05) is 32.3 Å². The predicted molar refractivity (Wildman–Crippen MR) is 121 cm³/mol. The van der Waals surface area contributed by atoms with Gasteiger partial charge in [0.05, 0.1) is 6.33 Å². The molecule has 13 heteroatoms. The zero-order valence-electron chi connectivity index (χ0n) is 18.7. The second kappa shape index (κ2) is 8.52. The first-order valence-electron chi connectivity index (χ1n) is 10.6. The molecular weight excluding hydrogens is 444 g/mol. The van der Waals surface area contributed by atoms with Crippen molar-refractivity contribution < 1.29 is 24.2 Å². The lowest BCUT2D eigenvalue weighted by molar-refractivity contribution is -0.137. The number of oxazole rings is 1. The smallest absolute Gasteiger partial charge is 0.297 e. The van der Waals surface area contributed by atoms with Gasteiger partial charge in [-0.25, -0.2) is 15.0 Å². The molecule has 5 rings (SSSR count). The van der Waals surface area contributed by atoms with Gasteiger partial charge in [-0.15, -0.1) is 0 Å². The number of amides is 1. The Bertz CT molecular complexity index is 1350. The number of aromatic nitrogens is 5. The molecule has 178 valence electrons. The van der Waals surface area contributed by atoms with Crippen LogP contribution in [0.4, 0.5) is 11.8 Å². The molecule has 0 saturated carbocycles. The van der Waals surface area contributed by atoms with Crippen LogP contribution >= 0.6 is 0 Å². The molecule has 0 bridgehead atoms. The van der Waals surface area contributed by atoms with Crippen molar-refractivity contribution in [1.82, 2.24) is 29.8 Å². The molecule has 1 fully saturated rings. The van der Waals surface area contributed by atoms with Gasteiger partial charge in [-0.05, 0) is 17.7 Å². The highest BCUT2D eigenvalue weighted by Crippen LogP contribution is 2.32. The van der Waals surface area contributed by atoms with Gasteiger partial charge < -0.3 is 34.9 Å². The van der Waals surface area contributed by atoms with Crippen LogP contribution < -0.4 is 15.5 Å². The number of hydrogen-bond acceptors (Lipinski definition) is 11. The van der Waals surface area contributed by atoms with Crippen molar-refractivity contribution >= 4 is 40.0 Å². The van der Waals surface area contributed by atoms with Crippen molar-refractivity contribution in [2.24, 2.45) is 0 Å².